The zero-order valence-corrected chi connectivity index (χ0v) is 21.3. The quantitative estimate of drug-likeness (QED) is 0.302. The standard InChI is InChI=1S/C25H34N6O3S/c1-4-15-9-18-20(16(5-2)28-15)30-24(35-18)19-12(3)27-25(26-10-13-6-7-13)31-23(19)29-17-8-14(11-32)21(33)22(17)34/h9,13-14,17,21-22,32-34H,4-8,10-11H2,1-3H3,(H2,26,27,29,31). The largest absolute Gasteiger partial charge is 0.396 e. The molecule has 2 fully saturated rings. The first kappa shape index (κ1) is 24.3. The van der Waals surface area contributed by atoms with E-state index in [4.69, 9.17) is 19.9 Å². The summed E-state index contributed by atoms with van der Waals surface area (Å²) in [6.45, 7) is 6.80. The molecule has 3 aromatic heterocycles. The first-order valence-electron chi connectivity index (χ1n) is 12.6. The van der Waals surface area contributed by atoms with Gasteiger partial charge in [0, 0.05) is 24.8 Å². The summed E-state index contributed by atoms with van der Waals surface area (Å²) < 4.78 is 1.08. The van der Waals surface area contributed by atoms with Gasteiger partial charge in [-0.25, -0.2) is 9.97 Å². The van der Waals surface area contributed by atoms with Crippen LogP contribution in [0.5, 0.6) is 0 Å². The number of nitrogens with one attached hydrogen (secondary N) is 2. The molecule has 5 N–H and O–H groups in total. The van der Waals surface area contributed by atoms with Crippen LogP contribution in [0.25, 0.3) is 20.8 Å². The Kier molecular flexibility index (Phi) is 6.89. The number of rotatable bonds is 9. The van der Waals surface area contributed by atoms with Gasteiger partial charge in [0.25, 0.3) is 0 Å². The third kappa shape index (κ3) is 4.84. The second-order valence-electron chi connectivity index (χ2n) is 9.72. The fourth-order valence-corrected chi connectivity index (χ4v) is 5.92. The molecule has 10 heteroatoms. The number of fused-ring (bicyclic) bond motifs is 1. The molecule has 0 saturated heterocycles. The number of anilines is 2. The van der Waals surface area contributed by atoms with Crippen LogP contribution in [-0.4, -0.2) is 66.7 Å². The van der Waals surface area contributed by atoms with Crippen LogP contribution in [-0.2, 0) is 12.8 Å². The molecule has 4 atom stereocenters. The molecule has 0 aliphatic heterocycles. The second kappa shape index (κ2) is 9.93. The Hall–Kier alpha value is -2.40. The maximum absolute atomic E-state index is 10.6. The Morgan fingerprint density at radius 2 is 1.86 bits per heavy atom. The Morgan fingerprint density at radius 1 is 1.06 bits per heavy atom. The van der Waals surface area contributed by atoms with Crippen molar-refractivity contribution in [3.05, 3.63) is 23.1 Å². The van der Waals surface area contributed by atoms with E-state index in [9.17, 15) is 15.3 Å². The summed E-state index contributed by atoms with van der Waals surface area (Å²) in [4.78, 5) is 19.3. The maximum atomic E-state index is 10.6. The summed E-state index contributed by atoms with van der Waals surface area (Å²) in [5.41, 5.74) is 4.51. The predicted molar refractivity (Wildman–Crippen MR) is 138 cm³/mol. The van der Waals surface area contributed by atoms with Gasteiger partial charge in [-0.2, -0.15) is 4.98 Å². The third-order valence-electron chi connectivity index (χ3n) is 7.11. The number of hydrogen-bond donors (Lipinski definition) is 5. The lowest BCUT2D eigenvalue weighted by Crippen LogP contribution is -2.35. The summed E-state index contributed by atoms with van der Waals surface area (Å²) >= 11 is 1.59. The number of nitrogens with zero attached hydrogens (tertiary/aromatic N) is 4. The van der Waals surface area contributed by atoms with Crippen LogP contribution in [0.1, 0.15) is 50.2 Å². The smallest absolute Gasteiger partial charge is 0.224 e. The number of thiazole rings is 1. The highest BCUT2D eigenvalue weighted by molar-refractivity contribution is 7.21. The van der Waals surface area contributed by atoms with Crippen molar-refractivity contribution in [1.29, 1.82) is 0 Å². The van der Waals surface area contributed by atoms with E-state index in [0.717, 1.165) is 57.3 Å². The summed E-state index contributed by atoms with van der Waals surface area (Å²) in [5.74, 6) is 1.41. The Morgan fingerprint density at radius 3 is 2.51 bits per heavy atom. The second-order valence-corrected chi connectivity index (χ2v) is 10.8. The topological polar surface area (TPSA) is 136 Å². The summed E-state index contributed by atoms with van der Waals surface area (Å²) in [6.07, 6.45) is 2.57. The lowest BCUT2D eigenvalue weighted by Gasteiger charge is -2.21. The van der Waals surface area contributed by atoms with Gasteiger partial charge in [-0.05, 0) is 51.0 Å². The molecule has 0 radical (unpaired) electrons. The molecule has 3 heterocycles. The van der Waals surface area contributed by atoms with Crippen molar-refractivity contribution < 1.29 is 15.3 Å². The lowest BCUT2D eigenvalue weighted by molar-refractivity contribution is 0.00446. The summed E-state index contributed by atoms with van der Waals surface area (Å²) in [7, 11) is 0. The fraction of sp³-hybridized carbons (Fsp3) is 0.600. The fourth-order valence-electron chi connectivity index (χ4n) is 4.78. The third-order valence-corrected chi connectivity index (χ3v) is 8.13. The molecular weight excluding hydrogens is 464 g/mol. The van der Waals surface area contributed by atoms with Gasteiger partial charge in [0.2, 0.25) is 5.95 Å². The maximum Gasteiger partial charge on any atom is 0.224 e. The van der Waals surface area contributed by atoms with E-state index in [0.29, 0.717) is 24.1 Å². The minimum Gasteiger partial charge on any atom is -0.396 e. The van der Waals surface area contributed by atoms with E-state index in [2.05, 4.69) is 30.5 Å². The average molecular weight is 499 g/mol. The molecule has 5 rings (SSSR count). The van der Waals surface area contributed by atoms with Gasteiger partial charge >= 0.3 is 0 Å². The number of aliphatic hydroxyl groups excluding tert-OH is 3. The molecule has 0 bridgehead atoms. The van der Waals surface area contributed by atoms with Crippen LogP contribution >= 0.6 is 11.3 Å². The van der Waals surface area contributed by atoms with Crippen LogP contribution < -0.4 is 10.6 Å². The van der Waals surface area contributed by atoms with Crippen LogP contribution in [0.2, 0.25) is 0 Å². The zero-order valence-electron chi connectivity index (χ0n) is 20.5. The summed E-state index contributed by atoms with van der Waals surface area (Å²) in [6, 6.07) is 1.66. The number of aromatic nitrogens is 4. The normalized spacial score (nSPS) is 24.3. The van der Waals surface area contributed by atoms with E-state index >= 15 is 0 Å². The van der Waals surface area contributed by atoms with Gasteiger partial charge < -0.3 is 26.0 Å². The van der Waals surface area contributed by atoms with Gasteiger partial charge in [0.05, 0.1) is 33.8 Å². The van der Waals surface area contributed by atoms with Crippen molar-refractivity contribution in [2.45, 2.75) is 71.1 Å². The number of hydrogen-bond acceptors (Lipinski definition) is 10. The van der Waals surface area contributed by atoms with Crippen molar-refractivity contribution in [2.24, 2.45) is 11.8 Å². The van der Waals surface area contributed by atoms with Crippen molar-refractivity contribution in [3.8, 4) is 10.6 Å². The van der Waals surface area contributed by atoms with E-state index in [-0.39, 0.29) is 12.5 Å². The van der Waals surface area contributed by atoms with Crippen molar-refractivity contribution in [2.75, 3.05) is 23.8 Å². The highest BCUT2D eigenvalue weighted by Crippen LogP contribution is 2.39. The molecule has 4 unspecified atom stereocenters. The van der Waals surface area contributed by atoms with Gasteiger partial charge in [0.1, 0.15) is 22.4 Å². The molecule has 3 aromatic rings. The first-order valence-corrected chi connectivity index (χ1v) is 13.4. The van der Waals surface area contributed by atoms with Gasteiger partial charge in [-0.15, -0.1) is 11.3 Å². The Balaban J connectivity index is 1.56. The number of aryl methyl sites for hydroxylation is 3. The molecule has 2 aliphatic rings. The minimum atomic E-state index is -1.00. The molecule has 188 valence electrons. The molecule has 2 saturated carbocycles. The molecule has 0 spiro atoms. The predicted octanol–water partition coefficient (Wildman–Crippen LogP) is 2.92. The monoisotopic (exact) mass is 498 g/mol. The molecule has 35 heavy (non-hydrogen) atoms. The van der Waals surface area contributed by atoms with E-state index < -0.39 is 18.2 Å². The number of pyridine rings is 1. The number of aliphatic hydroxyl groups is 3. The first-order chi connectivity index (χ1) is 16.9. The van der Waals surface area contributed by atoms with Crippen LogP contribution in [0.15, 0.2) is 6.07 Å². The van der Waals surface area contributed by atoms with E-state index in [1.54, 1.807) is 11.3 Å². The highest BCUT2D eigenvalue weighted by Gasteiger charge is 2.41. The highest BCUT2D eigenvalue weighted by atomic mass is 32.1. The van der Waals surface area contributed by atoms with Crippen LogP contribution in [0, 0.1) is 18.8 Å². The Labute approximate surface area is 209 Å². The van der Waals surface area contributed by atoms with Crippen molar-refractivity contribution in [3.63, 3.8) is 0 Å². The molecular formula is C25H34N6O3S. The van der Waals surface area contributed by atoms with E-state index in [1.807, 2.05) is 6.92 Å². The van der Waals surface area contributed by atoms with Gasteiger partial charge in [0.15, 0.2) is 0 Å². The van der Waals surface area contributed by atoms with Crippen molar-refractivity contribution >= 4 is 33.3 Å². The summed E-state index contributed by atoms with van der Waals surface area (Å²) in [5, 5.41) is 38.1. The van der Waals surface area contributed by atoms with Gasteiger partial charge in [-0.3, -0.25) is 4.98 Å². The van der Waals surface area contributed by atoms with Crippen molar-refractivity contribution in [1.82, 2.24) is 19.9 Å². The van der Waals surface area contributed by atoms with Crippen LogP contribution in [0.3, 0.4) is 0 Å². The lowest BCUT2D eigenvalue weighted by atomic mass is 10.1. The van der Waals surface area contributed by atoms with Crippen LogP contribution in [0.4, 0.5) is 11.8 Å². The molecule has 9 nitrogen and oxygen atoms in total. The average Bonchev–Trinajstić information content (AvgIpc) is 3.53. The molecule has 0 amide bonds. The molecule has 2 aliphatic carbocycles. The van der Waals surface area contributed by atoms with E-state index in [1.165, 1.54) is 12.8 Å². The molecule has 0 aromatic carbocycles. The zero-order chi connectivity index (χ0) is 24.7. The Bertz CT molecular complexity index is 1210. The minimum absolute atomic E-state index is 0.176. The SMILES string of the molecule is CCc1cc2sc(-c3c(C)nc(NCC4CC4)nc3NC3CC(CO)C(O)C3O)nc2c(CC)n1. The van der Waals surface area contributed by atoms with Gasteiger partial charge in [-0.1, -0.05) is 13.8 Å².